The van der Waals surface area contributed by atoms with Gasteiger partial charge in [0.15, 0.2) is 0 Å². The quantitative estimate of drug-likeness (QED) is 0.396. The lowest BCUT2D eigenvalue weighted by Crippen LogP contribution is -1.87. The molecular formula is C27H33F2N. The number of benzene rings is 3. The first-order valence-electron chi connectivity index (χ1n) is 10.1. The van der Waals surface area contributed by atoms with E-state index in [-0.39, 0.29) is 11.6 Å². The topological polar surface area (TPSA) is 23.8 Å². The molecule has 3 aromatic carbocycles. The smallest absolute Gasteiger partial charge is 0.126 e. The van der Waals surface area contributed by atoms with Gasteiger partial charge in [-0.25, -0.2) is 8.78 Å². The molecular weight excluding hydrogens is 376 g/mol. The molecule has 0 aliphatic carbocycles. The van der Waals surface area contributed by atoms with Crippen molar-refractivity contribution in [1.29, 1.82) is 5.26 Å². The van der Waals surface area contributed by atoms with Crippen molar-refractivity contribution < 1.29 is 8.78 Å². The van der Waals surface area contributed by atoms with E-state index >= 15 is 0 Å². The summed E-state index contributed by atoms with van der Waals surface area (Å²) in [6, 6.07) is 18.6. The van der Waals surface area contributed by atoms with Gasteiger partial charge < -0.3 is 0 Å². The van der Waals surface area contributed by atoms with E-state index in [4.69, 9.17) is 5.26 Å². The molecule has 0 aromatic heterocycles. The van der Waals surface area contributed by atoms with Crippen LogP contribution in [0.5, 0.6) is 0 Å². The molecule has 0 radical (unpaired) electrons. The number of rotatable bonds is 1. The van der Waals surface area contributed by atoms with Gasteiger partial charge in [0.2, 0.25) is 0 Å². The van der Waals surface area contributed by atoms with E-state index in [0.29, 0.717) is 11.1 Å². The van der Waals surface area contributed by atoms with Gasteiger partial charge in [0.25, 0.3) is 0 Å². The van der Waals surface area contributed by atoms with Gasteiger partial charge in [0, 0.05) is 6.92 Å². The van der Waals surface area contributed by atoms with Gasteiger partial charge in [-0.15, -0.1) is 0 Å². The van der Waals surface area contributed by atoms with Crippen LogP contribution in [0.4, 0.5) is 8.78 Å². The molecule has 0 unspecified atom stereocenters. The zero-order chi connectivity index (χ0) is 23.3. The minimum atomic E-state index is -0.145. The Bertz CT molecular complexity index is 969. The van der Waals surface area contributed by atoms with E-state index in [1.165, 1.54) is 35.7 Å². The van der Waals surface area contributed by atoms with Gasteiger partial charge in [-0.3, -0.25) is 0 Å². The number of nitrogens with zero attached hydrogens (tertiary/aromatic N) is 1. The zero-order valence-corrected chi connectivity index (χ0v) is 19.4. The van der Waals surface area contributed by atoms with E-state index in [0.717, 1.165) is 11.1 Å². The molecule has 0 heterocycles. The maximum absolute atomic E-state index is 13.2. The van der Waals surface area contributed by atoms with Crippen molar-refractivity contribution in [1.82, 2.24) is 0 Å². The summed E-state index contributed by atoms with van der Waals surface area (Å²) in [5.74, 6) is -0.261. The third-order valence-electron chi connectivity index (χ3n) is 4.18. The molecule has 0 atom stereocenters. The molecule has 0 amide bonds. The molecule has 0 aliphatic rings. The SMILES string of the molecule is CC.CC#N.Cc1ccc(-c2ccc(F)c(C)c2)c(C)c1.Cc1ccc(C)c(F)c1. The average molecular weight is 410 g/mol. The average Bonchev–Trinajstić information content (AvgIpc) is 2.70. The Labute approximate surface area is 181 Å². The van der Waals surface area contributed by atoms with Crippen LogP contribution in [-0.2, 0) is 0 Å². The number of hydrogen-bond donors (Lipinski definition) is 0. The molecule has 0 bridgehead atoms. The lowest BCUT2D eigenvalue weighted by atomic mass is 9.97. The first kappa shape index (κ1) is 27.0. The van der Waals surface area contributed by atoms with Crippen molar-refractivity contribution in [2.45, 2.75) is 55.4 Å². The molecule has 0 spiro atoms. The fourth-order valence-corrected chi connectivity index (χ4v) is 2.65. The van der Waals surface area contributed by atoms with Crippen molar-refractivity contribution in [3.63, 3.8) is 0 Å². The Kier molecular flexibility index (Phi) is 12.7. The van der Waals surface area contributed by atoms with Crippen molar-refractivity contribution in [2.24, 2.45) is 0 Å². The fourth-order valence-electron chi connectivity index (χ4n) is 2.65. The summed E-state index contributed by atoms with van der Waals surface area (Å²) in [4.78, 5) is 0. The van der Waals surface area contributed by atoms with Gasteiger partial charge in [-0.1, -0.05) is 55.8 Å². The van der Waals surface area contributed by atoms with E-state index in [9.17, 15) is 8.78 Å². The van der Waals surface area contributed by atoms with E-state index < -0.39 is 0 Å². The highest BCUT2D eigenvalue weighted by Crippen LogP contribution is 2.25. The standard InChI is InChI=1S/C15H15F.C8H9F.C2H3N.C2H6/c1-10-4-6-14(11(2)8-10)13-5-7-15(16)12(3)9-13;1-6-3-4-7(2)8(9)5-6;1-2-3;1-2/h4-9H,1-3H3;3-5H,1-2H3;1H3;1-2H3. The van der Waals surface area contributed by atoms with Crippen LogP contribution in [-0.4, -0.2) is 0 Å². The van der Waals surface area contributed by atoms with Crippen molar-refractivity contribution in [3.8, 4) is 17.2 Å². The Morgan fingerprint density at radius 1 is 0.633 bits per heavy atom. The minimum Gasteiger partial charge on any atom is -0.207 e. The molecule has 0 aliphatic heterocycles. The lowest BCUT2D eigenvalue weighted by Gasteiger charge is -2.08. The highest BCUT2D eigenvalue weighted by molar-refractivity contribution is 5.68. The second-order valence-electron chi connectivity index (χ2n) is 6.76. The minimum absolute atomic E-state index is 0.116. The number of hydrogen-bond acceptors (Lipinski definition) is 1. The van der Waals surface area contributed by atoms with Crippen LogP contribution in [0.1, 0.15) is 48.6 Å². The highest BCUT2D eigenvalue weighted by atomic mass is 19.1. The predicted octanol–water partition coefficient (Wildman–Crippen LogP) is 8.42. The lowest BCUT2D eigenvalue weighted by molar-refractivity contribution is 0.617. The summed E-state index contributed by atoms with van der Waals surface area (Å²) < 4.78 is 25.8. The number of nitriles is 1. The van der Waals surface area contributed by atoms with Gasteiger partial charge in [-0.2, -0.15) is 5.26 Å². The van der Waals surface area contributed by atoms with Gasteiger partial charge >= 0.3 is 0 Å². The van der Waals surface area contributed by atoms with Crippen LogP contribution in [0.25, 0.3) is 11.1 Å². The second-order valence-corrected chi connectivity index (χ2v) is 6.76. The molecule has 1 nitrogen and oxygen atoms in total. The van der Waals surface area contributed by atoms with Crippen LogP contribution in [0.3, 0.4) is 0 Å². The predicted molar refractivity (Wildman–Crippen MR) is 125 cm³/mol. The molecule has 0 fully saturated rings. The Morgan fingerprint density at radius 2 is 1.17 bits per heavy atom. The van der Waals surface area contributed by atoms with Crippen LogP contribution >= 0.6 is 0 Å². The van der Waals surface area contributed by atoms with Gasteiger partial charge in [0.1, 0.15) is 11.6 Å². The van der Waals surface area contributed by atoms with E-state index in [1.807, 2.05) is 39.0 Å². The highest BCUT2D eigenvalue weighted by Gasteiger charge is 2.04. The summed E-state index contributed by atoms with van der Waals surface area (Å²) >= 11 is 0. The summed E-state index contributed by atoms with van der Waals surface area (Å²) in [5.41, 5.74) is 7.10. The molecule has 0 saturated heterocycles. The summed E-state index contributed by atoms with van der Waals surface area (Å²) in [5, 5.41) is 7.32. The molecule has 0 saturated carbocycles. The van der Waals surface area contributed by atoms with Crippen LogP contribution < -0.4 is 0 Å². The van der Waals surface area contributed by atoms with Gasteiger partial charge in [0.05, 0.1) is 6.07 Å². The molecule has 3 rings (SSSR count). The van der Waals surface area contributed by atoms with Crippen LogP contribution in [0.15, 0.2) is 54.6 Å². The third-order valence-corrected chi connectivity index (χ3v) is 4.18. The maximum atomic E-state index is 13.2. The maximum Gasteiger partial charge on any atom is 0.126 e. The third kappa shape index (κ3) is 9.01. The normalized spacial score (nSPS) is 8.97. The Hall–Kier alpha value is -2.99. The molecule has 3 aromatic rings. The monoisotopic (exact) mass is 409 g/mol. The first-order chi connectivity index (χ1) is 14.2. The van der Waals surface area contributed by atoms with Crippen molar-refractivity contribution in [2.75, 3.05) is 0 Å². The summed E-state index contributed by atoms with van der Waals surface area (Å²) in [6.45, 7) is 15.0. The summed E-state index contributed by atoms with van der Waals surface area (Å²) in [6.07, 6.45) is 0. The molecule has 30 heavy (non-hydrogen) atoms. The molecule has 3 heteroatoms. The molecule has 160 valence electrons. The van der Waals surface area contributed by atoms with Crippen LogP contribution in [0, 0.1) is 57.6 Å². The van der Waals surface area contributed by atoms with Crippen molar-refractivity contribution in [3.05, 3.63) is 94.0 Å². The summed E-state index contributed by atoms with van der Waals surface area (Å²) in [7, 11) is 0. The largest absolute Gasteiger partial charge is 0.207 e. The number of halogens is 2. The second kappa shape index (κ2) is 14.1. The van der Waals surface area contributed by atoms with Gasteiger partial charge in [-0.05, 0) is 86.2 Å². The molecule has 0 N–H and O–H groups in total. The number of aryl methyl sites for hydroxylation is 5. The Morgan fingerprint density at radius 3 is 1.63 bits per heavy atom. The first-order valence-corrected chi connectivity index (χ1v) is 10.1. The Balaban J connectivity index is 0.000000508. The van der Waals surface area contributed by atoms with E-state index in [2.05, 4.69) is 32.0 Å². The van der Waals surface area contributed by atoms with E-state index in [1.54, 1.807) is 26.0 Å². The van der Waals surface area contributed by atoms with Crippen LogP contribution in [0.2, 0.25) is 0 Å². The van der Waals surface area contributed by atoms with Crippen molar-refractivity contribution >= 4 is 0 Å². The fraction of sp³-hybridized carbons (Fsp3) is 0.296. The zero-order valence-electron chi connectivity index (χ0n) is 19.4.